The number of carbonyl (C=O) groups is 1. The molecule has 0 aliphatic rings. The number of benzene rings is 2. The summed E-state index contributed by atoms with van der Waals surface area (Å²) < 4.78 is 4.29. The van der Waals surface area contributed by atoms with E-state index in [0.29, 0.717) is 17.1 Å². The fraction of sp³-hybridized carbons (Fsp3) is 0.167. The van der Waals surface area contributed by atoms with Gasteiger partial charge in [0.15, 0.2) is 0 Å². The zero-order chi connectivity index (χ0) is 22.8. The molecule has 4 aromatic rings. The molecule has 0 aliphatic heterocycles. The van der Waals surface area contributed by atoms with Crippen molar-refractivity contribution in [3.63, 3.8) is 0 Å². The Kier molecular flexibility index (Phi) is 5.59. The summed E-state index contributed by atoms with van der Waals surface area (Å²) in [5, 5.41) is 7.08. The predicted octanol–water partition coefficient (Wildman–Crippen LogP) is 2.91. The van der Waals surface area contributed by atoms with E-state index in [4.69, 9.17) is 0 Å². The van der Waals surface area contributed by atoms with E-state index in [9.17, 15) is 14.4 Å². The summed E-state index contributed by atoms with van der Waals surface area (Å²) in [4.78, 5) is 38.5. The molecule has 1 N–H and O–H groups in total. The summed E-state index contributed by atoms with van der Waals surface area (Å²) in [7, 11) is 1.75. The molecule has 1 atom stereocenters. The van der Waals surface area contributed by atoms with Gasteiger partial charge in [-0.1, -0.05) is 48.5 Å². The molecule has 0 bridgehead atoms. The Hall–Kier alpha value is -4.20. The second-order valence-electron chi connectivity index (χ2n) is 7.47. The normalized spacial score (nSPS) is 11.8. The van der Waals surface area contributed by atoms with Gasteiger partial charge in [0.25, 0.3) is 11.1 Å². The molecule has 0 saturated carbocycles. The molecule has 4 rings (SSSR count). The van der Waals surface area contributed by atoms with Crippen LogP contribution in [0.3, 0.4) is 0 Å². The number of hydrogen-bond acceptors (Lipinski definition) is 4. The van der Waals surface area contributed by atoms with Crippen LogP contribution in [0, 0.1) is 6.92 Å². The van der Waals surface area contributed by atoms with Crippen molar-refractivity contribution in [3.05, 3.63) is 99.2 Å². The highest BCUT2D eigenvalue weighted by molar-refractivity contribution is 5.93. The average molecular weight is 429 g/mol. The van der Waals surface area contributed by atoms with Crippen molar-refractivity contribution in [1.82, 2.24) is 19.1 Å². The Morgan fingerprint density at radius 3 is 2.22 bits per heavy atom. The van der Waals surface area contributed by atoms with Crippen LogP contribution in [-0.4, -0.2) is 25.1 Å². The number of anilines is 1. The number of para-hydroxylation sites is 1. The fourth-order valence-corrected chi connectivity index (χ4v) is 3.52. The van der Waals surface area contributed by atoms with Gasteiger partial charge in [-0.15, -0.1) is 0 Å². The lowest BCUT2D eigenvalue weighted by atomic mass is 10.1. The van der Waals surface area contributed by atoms with Gasteiger partial charge in [-0.25, -0.2) is 9.36 Å². The molecule has 0 aliphatic carbocycles. The van der Waals surface area contributed by atoms with E-state index in [-0.39, 0.29) is 11.2 Å². The maximum Gasteiger partial charge on any atom is 0.295 e. The number of carbonyl (C=O) groups excluding carboxylic acids is 1. The van der Waals surface area contributed by atoms with Crippen molar-refractivity contribution in [1.29, 1.82) is 0 Å². The Bertz CT molecular complexity index is 1380. The van der Waals surface area contributed by atoms with Gasteiger partial charge >= 0.3 is 0 Å². The quantitative estimate of drug-likeness (QED) is 0.528. The van der Waals surface area contributed by atoms with Gasteiger partial charge in [0.2, 0.25) is 5.91 Å². The maximum absolute atomic E-state index is 13.1. The molecule has 0 fully saturated rings. The summed E-state index contributed by atoms with van der Waals surface area (Å²) in [5.74, 6) is -0.504. The van der Waals surface area contributed by atoms with Crippen molar-refractivity contribution in [3.8, 4) is 16.9 Å². The molecular formula is C24H23N5O3. The van der Waals surface area contributed by atoms with E-state index >= 15 is 0 Å². The molecule has 32 heavy (non-hydrogen) atoms. The van der Waals surface area contributed by atoms with Crippen molar-refractivity contribution >= 4 is 11.6 Å². The highest BCUT2D eigenvalue weighted by atomic mass is 16.2. The van der Waals surface area contributed by atoms with Crippen LogP contribution >= 0.6 is 0 Å². The first kappa shape index (κ1) is 21.0. The van der Waals surface area contributed by atoms with E-state index in [2.05, 4.69) is 10.4 Å². The van der Waals surface area contributed by atoms with Crippen LogP contribution in [0.25, 0.3) is 16.9 Å². The molecule has 0 spiro atoms. The Morgan fingerprint density at radius 2 is 1.56 bits per heavy atom. The fourth-order valence-electron chi connectivity index (χ4n) is 3.52. The summed E-state index contributed by atoms with van der Waals surface area (Å²) in [6, 6.07) is 20.6. The van der Waals surface area contributed by atoms with E-state index in [1.807, 2.05) is 60.7 Å². The lowest BCUT2D eigenvalue weighted by molar-refractivity contribution is -0.119. The summed E-state index contributed by atoms with van der Waals surface area (Å²) >= 11 is 0. The predicted molar refractivity (Wildman–Crippen MR) is 123 cm³/mol. The average Bonchev–Trinajstić information content (AvgIpc) is 3.03. The van der Waals surface area contributed by atoms with Gasteiger partial charge in [-0.3, -0.25) is 19.1 Å². The van der Waals surface area contributed by atoms with Gasteiger partial charge in [0.05, 0.1) is 17.1 Å². The molecule has 2 heterocycles. The Labute approximate surface area is 184 Å². The number of amides is 1. The van der Waals surface area contributed by atoms with Crippen LogP contribution in [-0.2, 0) is 11.8 Å². The molecule has 1 amide bonds. The third kappa shape index (κ3) is 3.78. The van der Waals surface area contributed by atoms with Crippen LogP contribution in [0.1, 0.15) is 18.7 Å². The largest absolute Gasteiger partial charge is 0.318 e. The van der Waals surface area contributed by atoms with Crippen molar-refractivity contribution < 1.29 is 4.79 Å². The SMILES string of the molecule is Cc1c(NC(=O)C(C)n2nc(-c3ccccc3)ccc2=O)c(=O)n(-c2ccccc2)n1C. The minimum absolute atomic E-state index is 0.167. The summed E-state index contributed by atoms with van der Waals surface area (Å²) in [6.07, 6.45) is 0. The van der Waals surface area contributed by atoms with Gasteiger partial charge in [-0.05, 0) is 32.0 Å². The number of aromatic nitrogens is 4. The molecule has 0 radical (unpaired) electrons. The van der Waals surface area contributed by atoms with E-state index in [1.165, 1.54) is 10.7 Å². The Morgan fingerprint density at radius 1 is 0.938 bits per heavy atom. The first-order chi connectivity index (χ1) is 15.4. The van der Waals surface area contributed by atoms with Gasteiger partial charge in [0.1, 0.15) is 11.7 Å². The third-order valence-electron chi connectivity index (χ3n) is 5.44. The van der Waals surface area contributed by atoms with Gasteiger partial charge < -0.3 is 5.32 Å². The maximum atomic E-state index is 13.1. The third-order valence-corrected chi connectivity index (χ3v) is 5.44. The second kappa shape index (κ2) is 8.50. The molecule has 0 saturated heterocycles. The van der Waals surface area contributed by atoms with Crippen LogP contribution in [0.15, 0.2) is 82.4 Å². The van der Waals surface area contributed by atoms with Crippen molar-refractivity contribution in [2.45, 2.75) is 19.9 Å². The smallest absolute Gasteiger partial charge is 0.295 e. The monoisotopic (exact) mass is 429 g/mol. The summed E-state index contributed by atoms with van der Waals surface area (Å²) in [6.45, 7) is 3.33. The van der Waals surface area contributed by atoms with Gasteiger partial charge in [-0.2, -0.15) is 5.10 Å². The molecule has 8 heteroatoms. The number of rotatable bonds is 5. The highest BCUT2D eigenvalue weighted by Gasteiger charge is 2.23. The molecular weight excluding hydrogens is 406 g/mol. The van der Waals surface area contributed by atoms with E-state index < -0.39 is 17.5 Å². The van der Waals surface area contributed by atoms with Crippen LogP contribution < -0.4 is 16.4 Å². The molecule has 162 valence electrons. The first-order valence-electron chi connectivity index (χ1n) is 10.2. The van der Waals surface area contributed by atoms with Gasteiger partial charge in [0, 0.05) is 18.7 Å². The van der Waals surface area contributed by atoms with Crippen molar-refractivity contribution in [2.24, 2.45) is 7.05 Å². The minimum atomic E-state index is -0.921. The van der Waals surface area contributed by atoms with E-state index in [1.54, 1.807) is 31.6 Å². The Balaban J connectivity index is 1.66. The lowest BCUT2D eigenvalue weighted by Gasteiger charge is -2.14. The molecule has 1 unspecified atom stereocenters. The number of nitrogens with one attached hydrogen (secondary N) is 1. The highest BCUT2D eigenvalue weighted by Crippen LogP contribution is 2.17. The lowest BCUT2D eigenvalue weighted by Crippen LogP contribution is -2.34. The van der Waals surface area contributed by atoms with Crippen molar-refractivity contribution in [2.75, 3.05) is 5.32 Å². The second-order valence-corrected chi connectivity index (χ2v) is 7.47. The topological polar surface area (TPSA) is 90.9 Å². The van der Waals surface area contributed by atoms with Crippen LogP contribution in [0.2, 0.25) is 0 Å². The molecule has 2 aromatic heterocycles. The number of nitrogens with zero attached hydrogens (tertiary/aromatic N) is 4. The molecule has 8 nitrogen and oxygen atoms in total. The van der Waals surface area contributed by atoms with Crippen LogP contribution in [0.5, 0.6) is 0 Å². The van der Waals surface area contributed by atoms with Crippen LogP contribution in [0.4, 0.5) is 5.69 Å². The standard InChI is InChI=1S/C24H23N5O3/c1-16-22(24(32)29(27(16)3)19-12-8-5-9-13-19)25-23(31)17(2)28-21(30)15-14-20(26-28)18-10-6-4-7-11-18/h4-15,17H,1-3H3,(H,25,31). The summed E-state index contributed by atoms with van der Waals surface area (Å²) in [5.41, 5.74) is 2.10. The van der Waals surface area contributed by atoms with E-state index in [0.717, 1.165) is 10.2 Å². The first-order valence-corrected chi connectivity index (χ1v) is 10.2. The zero-order valence-electron chi connectivity index (χ0n) is 18.0. The minimum Gasteiger partial charge on any atom is -0.318 e. The number of hydrogen-bond donors (Lipinski definition) is 1. The molecule has 2 aromatic carbocycles. The zero-order valence-corrected chi connectivity index (χ0v) is 18.0.